The SMILES string of the molecule is CCC(C)(C)OC(=O)N1c2ccc(N(C)C)cc2Sc2cc(N(C)C)ccc21. The molecule has 1 heterocycles. The van der Waals surface area contributed by atoms with Gasteiger partial charge in [-0.05, 0) is 56.7 Å². The Balaban J connectivity index is 2.11. The van der Waals surface area contributed by atoms with Crippen LogP contribution in [0.4, 0.5) is 27.5 Å². The van der Waals surface area contributed by atoms with Crippen molar-refractivity contribution in [1.82, 2.24) is 0 Å². The van der Waals surface area contributed by atoms with Crippen molar-refractivity contribution in [2.24, 2.45) is 0 Å². The lowest BCUT2D eigenvalue weighted by molar-refractivity contribution is 0.0427. The molecular weight excluding hydrogens is 370 g/mol. The molecule has 0 aromatic heterocycles. The van der Waals surface area contributed by atoms with E-state index < -0.39 is 5.60 Å². The minimum absolute atomic E-state index is 0.343. The van der Waals surface area contributed by atoms with E-state index in [0.717, 1.165) is 39.0 Å². The molecule has 0 atom stereocenters. The molecule has 2 aromatic rings. The molecule has 0 unspecified atom stereocenters. The van der Waals surface area contributed by atoms with Gasteiger partial charge in [-0.15, -0.1) is 0 Å². The van der Waals surface area contributed by atoms with Crippen LogP contribution in [0.5, 0.6) is 0 Å². The van der Waals surface area contributed by atoms with Crippen LogP contribution in [-0.2, 0) is 4.74 Å². The highest BCUT2D eigenvalue weighted by Gasteiger charge is 2.33. The zero-order valence-electron chi connectivity index (χ0n) is 17.7. The molecule has 0 radical (unpaired) electrons. The number of benzene rings is 2. The summed E-state index contributed by atoms with van der Waals surface area (Å²) in [7, 11) is 8.07. The fraction of sp³-hybridized carbons (Fsp3) is 0.409. The van der Waals surface area contributed by atoms with Crippen LogP contribution in [0.15, 0.2) is 46.2 Å². The molecule has 0 saturated carbocycles. The highest BCUT2D eigenvalue weighted by atomic mass is 32.2. The third-order valence-electron chi connectivity index (χ3n) is 5.02. The van der Waals surface area contributed by atoms with Gasteiger partial charge in [0.25, 0.3) is 0 Å². The minimum Gasteiger partial charge on any atom is -0.443 e. The first kappa shape index (κ1) is 20.4. The summed E-state index contributed by atoms with van der Waals surface area (Å²) in [4.78, 5) is 21.1. The molecule has 0 fully saturated rings. The quantitative estimate of drug-likeness (QED) is 0.654. The smallest absolute Gasteiger partial charge is 0.419 e. The molecule has 0 saturated heterocycles. The van der Waals surface area contributed by atoms with E-state index in [1.165, 1.54) is 0 Å². The first-order valence-corrected chi connectivity index (χ1v) is 10.3. The maximum Gasteiger partial charge on any atom is 0.419 e. The van der Waals surface area contributed by atoms with E-state index in [4.69, 9.17) is 4.74 Å². The van der Waals surface area contributed by atoms with Gasteiger partial charge in [-0.3, -0.25) is 0 Å². The highest BCUT2D eigenvalue weighted by molar-refractivity contribution is 7.99. The number of fused-ring (bicyclic) bond motifs is 2. The molecule has 0 N–H and O–H groups in total. The lowest BCUT2D eigenvalue weighted by Gasteiger charge is -2.34. The van der Waals surface area contributed by atoms with Crippen LogP contribution in [0.3, 0.4) is 0 Å². The number of hydrogen-bond acceptors (Lipinski definition) is 5. The normalized spacial score (nSPS) is 12.9. The summed E-state index contributed by atoms with van der Waals surface area (Å²) in [5.74, 6) is 0. The van der Waals surface area contributed by atoms with Crippen molar-refractivity contribution in [2.75, 3.05) is 42.9 Å². The highest BCUT2D eigenvalue weighted by Crippen LogP contribution is 2.50. The van der Waals surface area contributed by atoms with Crippen molar-refractivity contribution in [1.29, 1.82) is 0 Å². The van der Waals surface area contributed by atoms with Gasteiger partial charge in [0.1, 0.15) is 5.60 Å². The van der Waals surface area contributed by atoms with Crippen LogP contribution in [0.25, 0.3) is 0 Å². The van der Waals surface area contributed by atoms with Crippen LogP contribution in [0, 0.1) is 0 Å². The van der Waals surface area contributed by atoms with E-state index in [9.17, 15) is 4.79 Å². The number of hydrogen-bond donors (Lipinski definition) is 0. The molecule has 1 aliphatic rings. The summed E-state index contributed by atoms with van der Waals surface area (Å²) in [5, 5.41) is 0. The standard InChI is InChI=1S/C22H29N3O2S/c1-8-22(2,3)27-21(26)25-17-11-9-15(23(4)5)13-19(17)28-20-14-16(24(6)7)10-12-18(20)25/h9-14H,8H2,1-7H3. The first-order chi connectivity index (χ1) is 13.1. The Labute approximate surface area is 172 Å². The average Bonchev–Trinajstić information content (AvgIpc) is 2.64. The second-order valence-corrected chi connectivity index (χ2v) is 9.10. The Morgan fingerprint density at radius 3 is 1.82 bits per heavy atom. The molecule has 1 amide bonds. The van der Waals surface area contributed by atoms with Crippen molar-refractivity contribution in [2.45, 2.75) is 42.6 Å². The summed E-state index contributed by atoms with van der Waals surface area (Å²) < 4.78 is 5.85. The number of carbonyl (C=O) groups excluding carboxylic acids is 1. The lowest BCUT2D eigenvalue weighted by atomic mass is 10.1. The number of anilines is 4. The number of nitrogens with zero attached hydrogens (tertiary/aromatic N) is 3. The second kappa shape index (κ2) is 7.59. The lowest BCUT2D eigenvalue weighted by Crippen LogP contribution is -2.36. The Morgan fingerprint density at radius 2 is 1.43 bits per heavy atom. The van der Waals surface area contributed by atoms with Gasteiger partial charge < -0.3 is 14.5 Å². The molecule has 3 rings (SSSR count). The maximum atomic E-state index is 13.2. The largest absolute Gasteiger partial charge is 0.443 e. The minimum atomic E-state index is -0.519. The summed E-state index contributed by atoms with van der Waals surface area (Å²) >= 11 is 1.69. The topological polar surface area (TPSA) is 36.0 Å². The van der Waals surface area contributed by atoms with Crippen LogP contribution < -0.4 is 14.7 Å². The predicted octanol–water partition coefficient (Wildman–Crippen LogP) is 5.75. The van der Waals surface area contributed by atoms with E-state index in [1.807, 2.05) is 73.2 Å². The van der Waals surface area contributed by atoms with Gasteiger partial charge in [0.15, 0.2) is 0 Å². The number of ether oxygens (including phenoxy) is 1. The molecule has 0 spiro atoms. The van der Waals surface area contributed by atoms with Gasteiger partial charge in [0.2, 0.25) is 0 Å². The van der Waals surface area contributed by atoms with Crippen molar-refractivity contribution in [3.05, 3.63) is 36.4 Å². The molecule has 1 aliphatic heterocycles. The van der Waals surface area contributed by atoms with Crippen LogP contribution in [-0.4, -0.2) is 39.9 Å². The van der Waals surface area contributed by atoms with E-state index in [0.29, 0.717) is 0 Å². The molecule has 150 valence electrons. The number of rotatable bonds is 4. The first-order valence-electron chi connectivity index (χ1n) is 9.46. The zero-order valence-corrected chi connectivity index (χ0v) is 18.6. The number of amides is 1. The van der Waals surface area contributed by atoms with E-state index in [-0.39, 0.29) is 6.09 Å². The summed E-state index contributed by atoms with van der Waals surface area (Å²) in [6.07, 6.45) is 0.407. The monoisotopic (exact) mass is 399 g/mol. The van der Waals surface area contributed by atoms with E-state index in [1.54, 1.807) is 16.7 Å². The van der Waals surface area contributed by atoms with Gasteiger partial charge in [0.05, 0.1) is 11.4 Å². The molecule has 0 bridgehead atoms. The van der Waals surface area contributed by atoms with E-state index >= 15 is 0 Å². The average molecular weight is 400 g/mol. The zero-order chi connectivity index (χ0) is 20.6. The van der Waals surface area contributed by atoms with Gasteiger partial charge in [-0.25, -0.2) is 9.69 Å². The molecule has 5 nitrogen and oxygen atoms in total. The van der Waals surface area contributed by atoms with Crippen molar-refractivity contribution >= 4 is 40.6 Å². The number of carbonyl (C=O) groups is 1. The van der Waals surface area contributed by atoms with E-state index in [2.05, 4.69) is 21.9 Å². The Kier molecular flexibility index (Phi) is 5.53. The molecule has 28 heavy (non-hydrogen) atoms. The van der Waals surface area contributed by atoms with Gasteiger partial charge in [-0.2, -0.15) is 0 Å². The molecule has 2 aromatic carbocycles. The Morgan fingerprint density at radius 1 is 0.964 bits per heavy atom. The second-order valence-electron chi connectivity index (χ2n) is 8.01. The third-order valence-corrected chi connectivity index (χ3v) is 6.11. The Bertz CT molecular complexity index is 836. The van der Waals surface area contributed by atoms with Crippen LogP contribution in [0.1, 0.15) is 27.2 Å². The fourth-order valence-corrected chi connectivity index (χ4v) is 4.02. The molecule has 6 heteroatoms. The predicted molar refractivity (Wildman–Crippen MR) is 119 cm³/mol. The van der Waals surface area contributed by atoms with Gasteiger partial charge in [0, 0.05) is 49.4 Å². The van der Waals surface area contributed by atoms with Crippen molar-refractivity contribution < 1.29 is 9.53 Å². The summed E-state index contributed by atoms with van der Waals surface area (Å²) in [6.45, 7) is 5.90. The van der Waals surface area contributed by atoms with Crippen molar-refractivity contribution in [3.8, 4) is 0 Å². The molecular formula is C22H29N3O2S. The fourth-order valence-electron chi connectivity index (χ4n) is 2.89. The maximum absolute atomic E-state index is 13.2. The van der Waals surface area contributed by atoms with Gasteiger partial charge >= 0.3 is 6.09 Å². The molecule has 0 aliphatic carbocycles. The Hall–Kier alpha value is -2.34. The summed E-state index contributed by atoms with van der Waals surface area (Å²) in [6, 6.07) is 12.3. The van der Waals surface area contributed by atoms with Gasteiger partial charge in [-0.1, -0.05) is 18.7 Å². The van der Waals surface area contributed by atoms with Crippen molar-refractivity contribution in [3.63, 3.8) is 0 Å². The summed E-state index contributed by atoms with van der Waals surface area (Å²) in [5.41, 5.74) is 3.39. The van der Waals surface area contributed by atoms with Crippen LogP contribution in [0.2, 0.25) is 0 Å². The van der Waals surface area contributed by atoms with Crippen LogP contribution >= 0.6 is 11.8 Å². The third kappa shape index (κ3) is 3.92.